The Hall–Kier alpha value is -3.21. The van der Waals surface area contributed by atoms with E-state index in [2.05, 4.69) is 116 Å². The number of benzene rings is 3. The Bertz CT molecular complexity index is 1050. The molecule has 1 N–H and O–H groups in total. The Labute approximate surface area is 210 Å². The molecule has 1 aliphatic rings. The molecule has 0 spiro atoms. The first-order chi connectivity index (χ1) is 16.9. The first kappa shape index (κ1) is 24.9. The Morgan fingerprint density at radius 2 is 1.37 bits per heavy atom. The molecule has 1 aliphatic heterocycles. The smallest absolute Gasteiger partial charge is 0.246 e. The monoisotopic (exact) mass is 467 g/mol. The van der Waals surface area contributed by atoms with Gasteiger partial charge in [-0.1, -0.05) is 84.9 Å². The second-order valence-corrected chi connectivity index (χ2v) is 10.3. The number of amides is 1. The third kappa shape index (κ3) is 7.14. The fourth-order valence-electron chi connectivity index (χ4n) is 4.47. The molecule has 1 heterocycles. The lowest BCUT2D eigenvalue weighted by Crippen LogP contribution is -2.49. The van der Waals surface area contributed by atoms with Crippen LogP contribution in [-0.4, -0.2) is 47.4 Å². The molecule has 0 bridgehead atoms. The van der Waals surface area contributed by atoms with E-state index in [9.17, 15) is 4.79 Å². The minimum absolute atomic E-state index is 0.0825. The zero-order chi connectivity index (χ0) is 24.7. The fourth-order valence-corrected chi connectivity index (χ4v) is 4.47. The van der Waals surface area contributed by atoms with E-state index in [-0.39, 0.29) is 17.5 Å². The van der Waals surface area contributed by atoms with Gasteiger partial charge < -0.3 is 10.2 Å². The van der Waals surface area contributed by atoms with Gasteiger partial charge in [0.1, 0.15) is 0 Å². The molecule has 0 aliphatic carbocycles. The highest BCUT2D eigenvalue weighted by Gasteiger charge is 2.27. The molecule has 0 unspecified atom stereocenters. The van der Waals surface area contributed by atoms with Gasteiger partial charge in [-0.25, -0.2) is 0 Å². The molecule has 0 saturated carbocycles. The van der Waals surface area contributed by atoms with Crippen molar-refractivity contribution in [1.82, 2.24) is 15.1 Å². The summed E-state index contributed by atoms with van der Waals surface area (Å²) in [4.78, 5) is 17.3. The zero-order valence-electron chi connectivity index (χ0n) is 21.2. The number of rotatable bonds is 7. The van der Waals surface area contributed by atoms with E-state index in [1.54, 1.807) is 6.08 Å². The zero-order valence-corrected chi connectivity index (χ0v) is 21.2. The van der Waals surface area contributed by atoms with Gasteiger partial charge in [0.15, 0.2) is 0 Å². The maximum absolute atomic E-state index is 12.9. The van der Waals surface area contributed by atoms with Gasteiger partial charge in [-0.15, -0.1) is 0 Å². The van der Waals surface area contributed by atoms with Crippen molar-refractivity contribution in [3.05, 3.63) is 113 Å². The molecule has 4 nitrogen and oxygen atoms in total. The van der Waals surface area contributed by atoms with Crippen LogP contribution in [0, 0.1) is 0 Å². The molecule has 0 aromatic heterocycles. The molecule has 182 valence electrons. The summed E-state index contributed by atoms with van der Waals surface area (Å²) in [5.74, 6) is 0.0825. The van der Waals surface area contributed by atoms with Crippen LogP contribution in [0.1, 0.15) is 49.1 Å². The maximum atomic E-state index is 12.9. The number of hydrogen-bond acceptors (Lipinski definition) is 3. The van der Waals surface area contributed by atoms with Crippen LogP contribution in [0.25, 0.3) is 6.08 Å². The second-order valence-electron chi connectivity index (χ2n) is 10.3. The van der Waals surface area contributed by atoms with E-state index >= 15 is 0 Å². The molecule has 1 amide bonds. The normalized spacial score (nSPS) is 15.1. The molecule has 35 heavy (non-hydrogen) atoms. The highest BCUT2D eigenvalue weighted by molar-refractivity contribution is 5.91. The van der Waals surface area contributed by atoms with Crippen LogP contribution in [0.5, 0.6) is 0 Å². The predicted octanol–water partition coefficient (Wildman–Crippen LogP) is 5.52. The highest BCUT2D eigenvalue weighted by atomic mass is 16.2. The quantitative estimate of drug-likeness (QED) is 0.465. The van der Waals surface area contributed by atoms with Crippen LogP contribution in [0.15, 0.2) is 91.0 Å². The van der Waals surface area contributed by atoms with E-state index in [0.29, 0.717) is 0 Å². The molecule has 4 rings (SSSR count). The average molecular weight is 468 g/mol. The molecule has 0 radical (unpaired) electrons. The predicted molar refractivity (Wildman–Crippen MR) is 145 cm³/mol. The van der Waals surface area contributed by atoms with Gasteiger partial charge in [0.25, 0.3) is 0 Å². The van der Waals surface area contributed by atoms with Crippen molar-refractivity contribution >= 4 is 12.0 Å². The number of carbonyl (C=O) groups is 1. The number of nitrogens with zero attached hydrogens (tertiary/aromatic N) is 2. The van der Waals surface area contributed by atoms with Gasteiger partial charge in [-0.2, -0.15) is 0 Å². The molecule has 1 saturated heterocycles. The number of piperazine rings is 1. The van der Waals surface area contributed by atoms with Crippen molar-refractivity contribution in [1.29, 1.82) is 0 Å². The molecular formula is C31H37N3O. The van der Waals surface area contributed by atoms with E-state index in [0.717, 1.165) is 38.3 Å². The molecule has 0 atom stereocenters. The number of carbonyl (C=O) groups excluding carboxylic acids is 1. The Kier molecular flexibility index (Phi) is 8.17. The Balaban J connectivity index is 1.34. The summed E-state index contributed by atoms with van der Waals surface area (Å²) in [7, 11) is 0. The van der Waals surface area contributed by atoms with E-state index in [1.807, 2.05) is 11.0 Å². The van der Waals surface area contributed by atoms with Crippen LogP contribution in [0.2, 0.25) is 0 Å². The largest absolute Gasteiger partial charge is 0.337 e. The van der Waals surface area contributed by atoms with Crippen LogP contribution in [-0.2, 0) is 11.3 Å². The summed E-state index contributed by atoms with van der Waals surface area (Å²) >= 11 is 0. The average Bonchev–Trinajstić information content (AvgIpc) is 2.88. The van der Waals surface area contributed by atoms with E-state index < -0.39 is 0 Å². The first-order valence-corrected chi connectivity index (χ1v) is 12.5. The summed E-state index contributed by atoms with van der Waals surface area (Å²) < 4.78 is 0. The molecule has 3 aromatic rings. The topological polar surface area (TPSA) is 35.6 Å². The van der Waals surface area contributed by atoms with E-state index in [4.69, 9.17) is 0 Å². The lowest BCUT2D eigenvalue weighted by Gasteiger charge is -2.39. The Morgan fingerprint density at radius 3 is 1.89 bits per heavy atom. The Morgan fingerprint density at radius 1 is 0.829 bits per heavy atom. The van der Waals surface area contributed by atoms with Gasteiger partial charge >= 0.3 is 0 Å². The van der Waals surface area contributed by atoms with Crippen molar-refractivity contribution in [3.8, 4) is 0 Å². The van der Waals surface area contributed by atoms with Crippen molar-refractivity contribution in [3.63, 3.8) is 0 Å². The van der Waals surface area contributed by atoms with E-state index in [1.165, 1.54) is 16.7 Å². The van der Waals surface area contributed by atoms with Crippen LogP contribution in [0.4, 0.5) is 0 Å². The second kappa shape index (κ2) is 11.5. The van der Waals surface area contributed by atoms with Gasteiger partial charge in [0, 0.05) is 44.3 Å². The summed E-state index contributed by atoms with van der Waals surface area (Å²) in [6.07, 6.45) is 3.64. The van der Waals surface area contributed by atoms with Gasteiger partial charge in [0.2, 0.25) is 5.91 Å². The summed E-state index contributed by atoms with van der Waals surface area (Å²) in [6.45, 7) is 10.5. The fraction of sp³-hybridized carbons (Fsp3) is 0.323. The third-order valence-electron chi connectivity index (χ3n) is 6.44. The van der Waals surface area contributed by atoms with Crippen molar-refractivity contribution in [2.75, 3.05) is 26.2 Å². The molecule has 3 aromatic carbocycles. The highest BCUT2D eigenvalue weighted by Crippen LogP contribution is 2.29. The molecular weight excluding hydrogens is 430 g/mol. The summed E-state index contributed by atoms with van der Waals surface area (Å²) in [5.41, 5.74) is 4.96. The maximum Gasteiger partial charge on any atom is 0.246 e. The van der Waals surface area contributed by atoms with Crippen LogP contribution in [0.3, 0.4) is 0 Å². The lowest BCUT2D eigenvalue weighted by atomic mass is 9.96. The van der Waals surface area contributed by atoms with Crippen molar-refractivity contribution < 1.29 is 4.79 Å². The number of hydrogen-bond donors (Lipinski definition) is 1. The lowest BCUT2D eigenvalue weighted by molar-refractivity contribution is -0.127. The van der Waals surface area contributed by atoms with Crippen molar-refractivity contribution in [2.24, 2.45) is 0 Å². The van der Waals surface area contributed by atoms with Gasteiger partial charge in [-0.05, 0) is 49.1 Å². The number of nitrogens with one attached hydrogen (secondary N) is 1. The molecule has 4 heteroatoms. The minimum atomic E-state index is 0.0825. The summed E-state index contributed by atoms with van der Waals surface area (Å²) in [6, 6.07) is 29.9. The first-order valence-electron chi connectivity index (χ1n) is 12.5. The standard InChI is InChI=1S/C31H37N3O/c1-31(2,3)32-24-26-16-14-25(15-17-26)18-19-29(35)33-20-22-34(23-21-33)30(27-10-6-4-7-11-27)28-12-8-5-9-13-28/h4-19,30,32H,20-24H2,1-3H3/b19-18+. The van der Waals surface area contributed by atoms with Gasteiger partial charge in [0.05, 0.1) is 6.04 Å². The summed E-state index contributed by atoms with van der Waals surface area (Å²) in [5, 5.41) is 3.50. The van der Waals surface area contributed by atoms with Gasteiger partial charge in [-0.3, -0.25) is 9.69 Å². The molecule has 1 fully saturated rings. The SMILES string of the molecule is CC(C)(C)NCc1ccc(/C=C/C(=O)N2CCN(C(c3ccccc3)c3ccccc3)CC2)cc1. The van der Waals surface area contributed by atoms with Crippen LogP contribution < -0.4 is 5.32 Å². The van der Waals surface area contributed by atoms with Crippen molar-refractivity contribution in [2.45, 2.75) is 38.9 Å². The third-order valence-corrected chi connectivity index (χ3v) is 6.44. The van der Waals surface area contributed by atoms with Crippen LogP contribution >= 0.6 is 0 Å². The minimum Gasteiger partial charge on any atom is -0.337 e.